The van der Waals surface area contributed by atoms with Crippen LogP contribution >= 0.6 is 45.9 Å². The Morgan fingerprint density at radius 2 is 1.06 bits per heavy atom. The lowest BCUT2D eigenvalue weighted by Crippen LogP contribution is -2.33. The Morgan fingerprint density at radius 3 is 1.47 bits per heavy atom. The number of aromatic nitrogens is 4. The zero-order chi connectivity index (χ0) is 45.3. The van der Waals surface area contributed by atoms with Gasteiger partial charge >= 0.3 is 6.18 Å². The Kier molecular flexibility index (Phi) is 16.5. The fraction of sp³-hybridized carbons (Fsp3) is 0.333. The molecule has 2 heterocycles. The number of halogens is 5. The summed E-state index contributed by atoms with van der Waals surface area (Å²) in [6, 6.07) is 17.7. The van der Waals surface area contributed by atoms with Gasteiger partial charge < -0.3 is 9.47 Å². The number of unbranched alkanes of at least 4 members (excludes halogenated alkanes) is 2. The molecule has 17 heteroatoms. The molecule has 0 fully saturated rings. The first-order valence-corrected chi connectivity index (χ1v) is 22.1. The molecular formula is C45H47Cl2F3N6O4S2. The van der Waals surface area contributed by atoms with Gasteiger partial charge in [0, 0.05) is 24.2 Å². The quantitative estimate of drug-likeness (QED) is 0.106. The molecule has 0 N–H and O–H groups in total. The van der Waals surface area contributed by atoms with E-state index in [1.165, 1.54) is 45.8 Å². The smallest absolute Gasteiger partial charge is 0.417 e. The second-order valence-corrected chi connectivity index (χ2v) is 17.1. The van der Waals surface area contributed by atoms with Crippen LogP contribution in [0.25, 0.3) is 21.1 Å². The van der Waals surface area contributed by atoms with Gasteiger partial charge in [0.15, 0.2) is 0 Å². The van der Waals surface area contributed by atoms with Gasteiger partial charge in [-0.25, -0.2) is 0 Å². The number of rotatable bonds is 14. The van der Waals surface area contributed by atoms with Crippen molar-refractivity contribution in [3.05, 3.63) is 116 Å². The van der Waals surface area contributed by atoms with E-state index in [1.807, 2.05) is 58.9 Å². The second-order valence-electron chi connectivity index (χ2n) is 14.3. The summed E-state index contributed by atoms with van der Waals surface area (Å²) in [6.07, 6.45) is -1.48. The molecule has 2 amide bonds. The molecule has 328 valence electrons. The largest absolute Gasteiger partial charge is 0.496 e. The predicted molar refractivity (Wildman–Crippen MR) is 244 cm³/mol. The number of carbonyl (C=O) groups excluding carboxylic acids is 2. The molecule has 0 spiro atoms. The zero-order valence-corrected chi connectivity index (χ0v) is 38.8. The highest BCUT2D eigenvalue weighted by Crippen LogP contribution is 2.38. The minimum atomic E-state index is -4.63. The molecule has 0 bridgehead atoms. The molecule has 0 radical (unpaired) electrons. The van der Waals surface area contributed by atoms with Crippen molar-refractivity contribution in [2.75, 3.05) is 37.1 Å². The van der Waals surface area contributed by atoms with E-state index in [-0.39, 0.29) is 23.1 Å². The number of alkyl halides is 3. The standard InChI is InChI=1S/C23H24F3N3O2S.C22H23Cl2N3O2S/c1-5-6-11-29(21(30)17-9-7-8-10-18(17)23(24,25)26)22-28-27-20(32-22)16-12-14(2)19(31-4)15(3)13-16;1-5-6-10-27(21(28)18-16(23)8-7-9-17(18)24)22-26-25-20(30-22)15-11-13(2)19(29-4)14(3)12-15/h7-10,12-13H,5-6,11H2,1-4H3;7-9,11-12H,5-6,10H2,1-4H3. The molecular weight excluding hydrogens is 881 g/mol. The monoisotopic (exact) mass is 926 g/mol. The molecule has 0 aliphatic rings. The Bertz CT molecular complexity index is 2460. The number of aryl methyl sites for hydroxylation is 4. The van der Waals surface area contributed by atoms with Gasteiger partial charge in [-0.05, 0) is 111 Å². The molecule has 62 heavy (non-hydrogen) atoms. The molecule has 0 unspecified atom stereocenters. The van der Waals surface area contributed by atoms with Crippen LogP contribution in [0.4, 0.5) is 23.4 Å². The number of nitrogens with zero attached hydrogens (tertiary/aromatic N) is 6. The molecule has 0 saturated carbocycles. The Hall–Kier alpha value is -5.09. The number of amides is 2. The lowest BCUT2D eigenvalue weighted by molar-refractivity contribution is -0.137. The highest BCUT2D eigenvalue weighted by molar-refractivity contribution is 7.19. The Morgan fingerprint density at radius 1 is 0.645 bits per heavy atom. The van der Waals surface area contributed by atoms with Crippen molar-refractivity contribution in [2.45, 2.75) is 73.4 Å². The molecule has 0 aliphatic carbocycles. The SMILES string of the molecule is CCCCN(C(=O)c1c(Cl)cccc1Cl)c1nnc(-c2cc(C)c(OC)c(C)c2)s1.CCCCN(C(=O)c1ccccc1C(F)(F)F)c1nnc(-c2cc(C)c(OC)c(C)c2)s1. The van der Waals surface area contributed by atoms with E-state index in [0.717, 1.165) is 75.2 Å². The van der Waals surface area contributed by atoms with Crippen LogP contribution in [0.2, 0.25) is 10.0 Å². The van der Waals surface area contributed by atoms with Gasteiger partial charge in [0.1, 0.15) is 21.5 Å². The number of ether oxygens (including phenoxy) is 2. The summed E-state index contributed by atoms with van der Waals surface area (Å²) in [4.78, 5) is 29.4. The second kappa shape index (κ2) is 21.3. The van der Waals surface area contributed by atoms with Crippen LogP contribution in [-0.4, -0.2) is 59.5 Å². The van der Waals surface area contributed by atoms with Crippen LogP contribution < -0.4 is 19.3 Å². The third-order valence-electron chi connectivity index (χ3n) is 9.71. The summed E-state index contributed by atoms with van der Waals surface area (Å²) in [5, 5.41) is 19.7. The van der Waals surface area contributed by atoms with Crippen molar-refractivity contribution in [3.63, 3.8) is 0 Å². The Balaban J connectivity index is 0.000000235. The average Bonchev–Trinajstić information content (AvgIpc) is 3.92. The number of methoxy groups -OCH3 is 2. The lowest BCUT2D eigenvalue weighted by atomic mass is 10.1. The van der Waals surface area contributed by atoms with Crippen LogP contribution in [0.3, 0.4) is 0 Å². The van der Waals surface area contributed by atoms with E-state index in [4.69, 9.17) is 32.7 Å². The normalized spacial score (nSPS) is 11.2. The maximum absolute atomic E-state index is 13.5. The van der Waals surface area contributed by atoms with Crippen molar-refractivity contribution < 1.29 is 32.2 Å². The molecule has 6 aromatic rings. The third-order valence-corrected chi connectivity index (χ3v) is 12.3. The fourth-order valence-electron chi connectivity index (χ4n) is 6.77. The third kappa shape index (κ3) is 11.1. The molecule has 0 aliphatic heterocycles. The molecule has 0 atom stereocenters. The average molecular weight is 928 g/mol. The first-order valence-electron chi connectivity index (χ1n) is 19.8. The minimum Gasteiger partial charge on any atom is -0.496 e. The Labute approximate surface area is 377 Å². The van der Waals surface area contributed by atoms with Gasteiger partial charge in [-0.2, -0.15) is 13.2 Å². The molecule has 4 aromatic carbocycles. The number of carbonyl (C=O) groups is 2. The van der Waals surface area contributed by atoms with Gasteiger partial charge in [0.05, 0.1) is 41.0 Å². The highest BCUT2D eigenvalue weighted by atomic mass is 35.5. The van der Waals surface area contributed by atoms with E-state index in [1.54, 1.807) is 37.3 Å². The zero-order valence-electron chi connectivity index (χ0n) is 35.6. The molecule has 6 rings (SSSR count). The van der Waals surface area contributed by atoms with Gasteiger partial charge in [-0.1, -0.05) is 90.8 Å². The summed E-state index contributed by atoms with van der Waals surface area (Å²) in [7, 11) is 3.27. The van der Waals surface area contributed by atoms with Gasteiger partial charge in [-0.15, -0.1) is 20.4 Å². The van der Waals surface area contributed by atoms with Gasteiger partial charge in [-0.3, -0.25) is 19.4 Å². The van der Waals surface area contributed by atoms with Crippen molar-refractivity contribution in [1.29, 1.82) is 0 Å². The topological polar surface area (TPSA) is 111 Å². The highest BCUT2D eigenvalue weighted by Gasteiger charge is 2.36. The first-order chi connectivity index (χ1) is 29.5. The molecule has 0 saturated heterocycles. The van der Waals surface area contributed by atoms with E-state index in [2.05, 4.69) is 27.3 Å². The van der Waals surface area contributed by atoms with Crippen LogP contribution in [-0.2, 0) is 6.18 Å². The van der Waals surface area contributed by atoms with Crippen molar-refractivity contribution >= 4 is 68.0 Å². The number of hydrogen-bond donors (Lipinski definition) is 0. The number of anilines is 2. The van der Waals surface area contributed by atoms with E-state index in [9.17, 15) is 22.8 Å². The van der Waals surface area contributed by atoms with E-state index < -0.39 is 23.2 Å². The maximum atomic E-state index is 13.5. The number of benzene rings is 4. The van der Waals surface area contributed by atoms with Crippen molar-refractivity contribution in [3.8, 4) is 32.6 Å². The van der Waals surface area contributed by atoms with Crippen LogP contribution in [0, 0.1) is 27.7 Å². The summed E-state index contributed by atoms with van der Waals surface area (Å²) in [5.41, 5.74) is 4.56. The van der Waals surface area contributed by atoms with E-state index >= 15 is 0 Å². The van der Waals surface area contributed by atoms with Crippen molar-refractivity contribution in [2.24, 2.45) is 0 Å². The first kappa shape index (κ1) is 48.0. The van der Waals surface area contributed by atoms with E-state index in [0.29, 0.717) is 33.2 Å². The van der Waals surface area contributed by atoms with Gasteiger partial charge in [0.2, 0.25) is 10.3 Å². The molecule has 2 aromatic heterocycles. The summed E-state index contributed by atoms with van der Waals surface area (Å²) in [6.45, 7) is 12.6. The maximum Gasteiger partial charge on any atom is 0.417 e. The van der Waals surface area contributed by atoms with Crippen LogP contribution in [0.1, 0.15) is 88.1 Å². The summed E-state index contributed by atoms with van der Waals surface area (Å²) >= 11 is 15.1. The summed E-state index contributed by atoms with van der Waals surface area (Å²) in [5.74, 6) is 0.624. The lowest BCUT2D eigenvalue weighted by Gasteiger charge is -2.21. The summed E-state index contributed by atoms with van der Waals surface area (Å²) < 4.78 is 51.3. The fourth-order valence-corrected chi connectivity index (χ4v) is 9.05. The van der Waals surface area contributed by atoms with Crippen LogP contribution in [0.5, 0.6) is 11.5 Å². The van der Waals surface area contributed by atoms with Gasteiger partial charge in [0.25, 0.3) is 11.8 Å². The number of hydrogen-bond acceptors (Lipinski definition) is 10. The van der Waals surface area contributed by atoms with Crippen LogP contribution in [0.15, 0.2) is 66.7 Å². The molecule has 10 nitrogen and oxygen atoms in total. The minimum absolute atomic E-state index is 0.247. The van der Waals surface area contributed by atoms with Crippen molar-refractivity contribution in [1.82, 2.24) is 20.4 Å². The predicted octanol–water partition coefficient (Wildman–Crippen LogP) is 12.9.